The highest BCUT2D eigenvalue weighted by Gasteiger charge is 2.16. The highest BCUT2D eigenvalue weighted by atomic mass is 35.5. The molecule has 0 saturated heterocycles. The van der Waals surface area contributed by atoms with Gasteiger partial charge in [0.05, 0.1) is 13.2 Å². The van der Waals surface area contributed by atoms with Gasteiger partial charge in [-0.3, -0.25) is 0 Å². The van der Waals surface area contributed by atoms with E-state index in [2.05, 4.69) is 0 Å². The molecule has 2 aromatic carbocycles. The lowest BCUT2D eigenvalue weighted by atomic mass is 9.95. The second kappa shape index (κ2) is 5.59. The van der Waals surface area contributed by atoms with E-state index < -0.39 is 6.04 Å². The molecule has 0 spiro atoms. The van der Waals surface area contributed by atoms with Crippen LogP contribution in [-0.4, -0.2) is 7.11 Å². The molecule has 4 heteroatoms. The van der Waals surface area contributed by atoms with Crippen LogP contribution in [-0.2, 0) is 0 Å². The molecular weight excluding hydrogens is 265 g/mol. The number of hydrogen-bond donors (Lipinski definition) is 1. The number of methoxy groups -OCH3 is 1. The van der Waals surface area contributed by atoms with E-state index in [9.17, 15) is 4.39 Å². The molecule has 0 fully saturated rings. The third-order valence-electron chi connectivity index (χ3n) is 3.11. The summed E-state index contributed by atoms with van der Waals surface area (Å²) >= 11 is 5.92. The normalized spacial score (nSPS) is 12.3. The third-order valence-corrected chi connectivity index (χ3v) is 3.34. The average molecular weight is 280 g/mol. The zero-order valence-corrected chi connectivity index (χ0v) is 11.5. The Morgan fingerprint density at radius 2 is 1.89 bits per heavy atom. The number of hydrogen-bond acceptors (Lipinski definition) is 2. The van der Waals surface area contributed by atoms with Gasteiger partial charge in [-0.05, 0) is 42.3 Å². The quantitative estimate of drug-likeness (QED) is 0.926. The van der Waals surface area contributed by atoms with Gasteiger partial charge in [0.1, 0.15) is 11.6 Å². The van der Waals surface area contributed by atoms with Crippen molar-refractivity contribution in [2.45, 2.75) is 13.0 Å². The minimum Gasteiger partial charge on any atom is -0.496 e. The fraction of sp³-hybridized carbons (Fsp3) is 0.200. The predicted octanol–water partition coefficient (Wildman–Crippen LogP) is 3.84. The number of ether oxygens (including phenoxy) is 1. The van der Waals surface area contributed by atoms with E-state index >= 15 is 0 Å². The largest absolute Gasteiger partial charge is 0.496 e. The summed E-state index contributed by atoms with van der Waals surface area (Å²) in [6.07, 6.45) is 0. The van der Waals surface area contributed by atoms with Crippen molar-refractivity contribution in [1.82, 2.24) is 0 Å². The summed E-state index contributed by atoms with van der Waals surface area (Å²) in [6, 6.07) is 9.38. The highest BCUT2D eigenvalue weighted by Crippen LogP contribution is 2.32. The summed E-state index contributed by atoms with van der Waals surface area (Å²) in [7, 11) is 1.56. The number of aryl methyl sites for hydroxylation is 1. The van der Waals surface area contributed by atoms with Crippen LogP contribution in [0.4, 0.5) is 4.39 Å². The Bertz CT molecular complexity index is 601. The van der Waals surface area contributed by atoms with Crippen LogP contribution in [0.25, 0.3) is 0 Å². The van der Waals surface area contributed by atoms with E-state index in [1.165, 1.54) is 12.1 Å². The molecule has 0 aliphatic heterocycles. The van der Waals surface area contributed by atoms with Gasteiger partial charge in [0.25, 0.3) is 0 Å². The smallest absolute Gasteiger partial charge is 0.125 e. The number of nitrogens with two attached hydrogens (primary N) is 1. The molecule has 2 aromatic rings. The molecule has 0 amide bonds. The predicted molar refractivity (Wildman–Crippen MR) is 75.2 cm³/mol. The molecule has 2 N–H and O–H groups in total. The van der Waals surface area contributed by atoms with Gasteiger partial charge in [0.15, 0.2) is 0 Å². The number of benzene rings is 2. The molecule has 2 nitrogen and oxygen atoms in total. The molecule has 1 unspecified atom stereocenters. The van der Waals surface area contributed by atoms with E-state index in [-0.39, 0.29) is 5.82 Å². The molecule has 0 bridgehead atoms. The average Bonchev–Trinajstić information content (AvgIpc) is 2.40. The summed E-state index contributed by atoms with van der Waals surface area (Å²) in [4.78, 5) is 0. The maximum atomic E-state index is 13.4. The van der Waals surface area contributed by atoms with E-state index in [1.807, 2.05) is 6.92 Å². The first kappa shape index (κ1) is 13.8. The monoisotopic (exact) mass is 279 g/mol. The van der Waals surface area contributed by atoms with Gasteiger partial charge in [-0.2, -0.15) is 0 Å². The summed E-state index contributed by atoms with van der Waals surface area (Å²) in [6.45, 7) is 1.90. The molecule has 2 rings (SSSR count). The summed E-state index contributed by atoms with van der Waals surface area (Å²) in [5.74, 6) is 0.299. The van der Waals surface area contributed by atoms with Crippen molar-refractivity contribution in [2.24, 2.45) is 5.73 Å². The van der Waals surface area contributed by atoms with Crippen LogP contribution in [0.3, 0.4) is 0 Å². The summed E-state index contributed by atoms with van der Waals surface area (Å²) in [5.41, 5.74) is 8.67. The van der Waals surface area contributed by atoms with Crippen molar-refractivity contribution in [3.05, 3.63) is 63.9 Å². The van der Waals surface area contributed by atoms with Gasteiger partial charge in [-0.25, -0.2) is 4.39 Å². The maximum absolute atomic E-state index is 13.4. The lowest BCUT2D eigenvalue weighted by Gasteiger charge is -2.18. The third kappa shape index (κ3) is 2.88. The minimum absolute atomic E-state index is 0.302. The van der Waals surface area contributed by atoms with E-state index in [4.69, 9.17) is 22.1 Å². The fourth-order valence-electron chi connectivity index (χ4n) is 2.06. The molecule has 100 valence electrons. The zero-order valence-electron chi connectivity index (χ0n) is 10.8. The Morgan fingerprint density at radius 3 is 2.58 bits per heavy atom. The number of rotatable bonds is 3. The topological polar surface area (TPSA) is 35.2 Å². The highest BCUT2D eigenvalue weighted by molar-refractivity contribution is 6.30. The molecular formula is C15H15ClFNO. The van der Waals surface area contributed by atoms with E-state index in [1.54, 1.807) is 31.4 Å². The van der Waals surface area contributed by atoms with Crippen molar-refractivity contribution in [2.75, 3.05) is 7.11 Å². The van der Waals surface area contributed by atoms with Gasteiger partial charge < -0.3 is 10.5 Å². The molecule has 0 aliphatic carbocycles. The zero-order chi connectivity index (χ0) is 14.0. The van der Waals surface area contributed by atoms with Crippen molar-refractivity contribution in [3.8, 4) is 5.75 Å². The second-order valence-electron chi connectivity index (χ2n) is 4.36. The molecule has 19 heavy (non-hydrogen) atoms. The Balaban J connectivity index is 2.49. The first-order valence-corrected chi connectivity index (χ1v) is 6.26. The van der Waals surface area contributed by atoms with Gasteiger partial charge in [-0.15, -0.1) is 0 Å². The van der Waals surface area contributed by atoms with Crippen LogP contribution in [0, 0.1) is 12.7 Å². The van der Waals surface area contributed by atoms with E-state index in [0.29, 0.717) is 10.8 Å². The van der Waals surface area contributed by atoms with Gasteiger partial charge in [0.2, 0.25) is 0 Å². The van der Waals surface area contributed by atoms with Crippen LogP contribution in [0.1, 0.15) is 22.7 Å². The Labute approximate surface area is 117 Å². The molecule has 0 saturated carbocycles. The SMILES string of the molecule is COc1cc(Cl)ccc1C(N)c1cc(F)ccc1C. The maximum Gasteiger partial charge on any atom is 0.125 e. The van der Waals surface area contributed by atoms with Crippen LogP contribution < -0.4 is 10.5 Å². The fourth-order valence-corrected chi connectivity index (χ4v) is 2.22. The summed E-state index contributed by atoms with van der Waals surface area (Å²) < 4.78 is 18.6. The lowest BCUT2D eigenvalue weighted by Crippen LogP contribution is -2.14. The molecule has 0 radical (unpaired) electrons. The van der Waals surface area contributed by atoms with Crippen LogP contribution >= 0.6 is 11.6 Å². The first-order chi connectivity index (χ1) is 9.02. The molecule has 0 aromatic heterocycles. The Morgan fingerprint density at radius 1 is 1.16 bits per heavy atom. The van der Waals surface area contributed by atoms with E-state index in [0.717, 1.165) is 16.7 Å². The molecule has 1 atom stereocenters. The van der Waals surface area contributed by atoms with Gasteiger partial charge in [-0.1, -0.05) is 23.7 Å². The van der Waals surface area contributed by atoms with Gasteiger partial charge in [0, 0.05) is 10.6 Å². The van der Waals surface area contributed by atoms with Crippen LogP contribution in [0.5, 0.6) is 5.75 Å². The first-order valence-electron chi connectivity index (χ1n) is 5.88. The second-order valence-corrected chi connectivity index (χ2v) is 4.80. The van der Waals surface area contributed by atoms with Crippen molar-refractivity contribution in [3.63, 3.8) is 0 Å². The molecule has 0 heterocycles. The Kier molecular flexibility index (Phi) is 4.08. The lowest BCUT2D eigenvalue weighted by molar-refractivity contribution is 0.408. The van der Waals surface area contributed by atoms with Gasteiger partial charge >= 0.3 is 0 Å². The van der Waals surface area contributed by atoms with Crippen molar-refractivity contribution >= 4 is 11.6 Å². The summed E-state index contributed by atoms with van der Waals surface area (Å²) in [5, 5.41) is 0.573. The molecule has 0 aliphatic rings. The van der Waals surface area contributed by atoms with Crippen molar-refractivity contribution in [1.29, 1.82) is 0 Å². The standard InChI is InChI=1S/C15H15ClFNO/c1-9-3-5-11(17)8-13(9)15(18)12-6-4-10(16)7-14(12)19-2/h3-8,15H,18H2,1-2H3. The van der Waals surface area contributed by atoms with Crippen molar-refractivity contribution < 1.29 is 9.13 Å². The van der Waals surface area contributed by atoms with Crippen LogP contribution in [0.15, 0.2) is 36.4 Å². The number of halogens is 2. The Hall–Kier alpha value is -1.58. The minimum atomic E-state index is -0.456. The van der Waals surface area contributed by atoms with Crippen LogP contribution in [0.2, 0.25) is 5.02 Å².